The van der Waals surface area contributed by atoms with Crippen molar-refractivity contribution in [3.8, 4) is 0 Å². The predicted molar refractivity (Wildman–Crippen MR) is 104 cm³/mol. The summed E-state index contributed by atoms with van der Waals surface area (Å²) in [4.78, 5) is 4.73. The number of thiazole rings is 1. The number of nitrogens with zero attached hydrogens (tertiary/aromatic N) is 1. The van der Waals surface area contributed by atoms with E-state index >= 15 is 0 Å². The Balaban J connectivity index is 2.00. The van der Waals surface area contributed by atoms with Crippen LogP contribution in [0.25, 0.3) is 10.2 Å². The third-order valence-electron chi connectivity index (χ3n) is 4.04. The molecule has 0 unspecified atom stereocenters. The molecule has 0 amide bonds. The van der Waals surface area contributed by atoms with Gasteiger partial charge in [-0.1, -0.05) is 66.7 Å². The molecule has 1 aromatic heterocycles. The van der Waals surface area contributed by atoms with Crippen LogP contribution in [-0.4, -0.2) is 4.98 Å². The number of fused-ring (bicyclic) bond motifs is 1. The Morgan fingerprint density at radius 2 is 1.42 bits per heavy atom. The number of hydrogen-bond acceptors (Lipinski definition) is 3. The van der Waals surface area contributed by atoms with E-state index in [1.807, 2.05) is 72.8 Å². The summed E-state index contributed by atoms with van der Waals surface area (Å²) < 4.78 is 16.0. The highest BCUT2D eigenvalue weighted by molar-refractivity contribution is 7.89. The monoisotopic (exact) mass is 349 g/mol. The van der Waals surface area contributed by atoms with Crippen LogP contribution in [0.1, 0.15) is 5.56 Å². The Kier molecular flexibility index (Phi) is 3.84. The molecule has 4 aromatic rings. The van der Waals surface area contributed by atoms with Crippen molar-refractivity contribution >= 4 is 44.1 Å². The molecule has 4 heteroatoms. The number of aromatic nitrogens is 1. The Labute approximate surface area is 145 Å². The first-order chi connectivity index (χ1) is 11.7. The SMILES string of the molecule is Cc1ccc2nc(P(=O)(c3ccccc3)c3ccccc3)sc2c1. The summed E-state index contributed by atoms with van der Waals surface area (Å²) in [5.74, 6) is 0. The lowest BCUT2D eigenvalue weighted by Crippen LogP contribution is -2.24. The van der Waals surface area contributed by atoms with E-state index in [-0.39, 0.29) is 0 Å². The van der Waals surface area contributed by atoms with Gasteiger partial charge in [0.25, 0.3) is 0 Å². The van der Waals surface area contributed by atoms with Crippen molar-refractivity contribution in [2.24, 2.45) is 0 Å². The zero-order chi connectivity index (χ0) is 16.6. The lowest BCUT2D eigenvalue weighted by atomic mass is 10.2. The van der Waals surface area contributed by atoms with Crippen LogP contribution in [0.4, 0.5) is 0 Å². The van der Waals surface area contributed by atoms with Crippen molar-refractivity contribution < 1.29 is 4.57 Å². The van der Waals surface area contributed by atoms with Crippen molar-refractivity contribution in [1.82, 2.24) is 4.98 Å². The van der Waals surface area contributed by atoms with Crippen molar-refractivity contribution in [2.45, 2.75) is 6.92 Å². The molecule has 3 aromatic carbocycles. The fraction of sp³-hybridized carbons (Fsp3) is 0.0500. The summed E-state index contributed by atoms with van der Waals surface area (Å²) >= 11 is 1.53. The van der Waals surface area contributed by atoms with Crippen LogP contribution in [0.5, 0.6) is 0 Å². The number of hydrogen-bond donors (Lipinski definition) is 0. The Morgan fingerprint density at radius 1 is 0.833 bits per heavy atom. The molecule has 0 atom stereocenters. The van der Waals surface area contributed by atoms with Crippen LogP contribution in [-0.2, 0) is 4.57 Å². The third-order valence-corrected chi connectivity index (χ3v) is 8.60. The minimum atomic E-state index is -2.96. The first-order valence-electron chi connectivity index (χ1n) is 7.77. The van der Waals surface area contributed by atoms with Crippen molar-refractivity contribution in [2.75, 3.05) is 0 Å². The third kappa shape index (κ3) is 2.50. The lowest BCUT2D eigenvalue weighted by Gasteiger charge is -2.16. The van der Waals surface area contributed by atoms with Crippen molar-refractivity contribution in [1.29, 1.82) is 0 Å². The average Bonchev–Trinajstić information content (AvgIpc) is 3.06. The van der Waals surface area contributed by atoms with Gasteiger partial charge >= 0.3 is 0 Å². The molecular formula is C20H16NOPS. The fourth-order valence-electron chi connectivity index (χ4n) is 2.80. The molecule has 0 N–H and O–H groups in total. The van der Waals surface area contributed by atoms with Crippen LogP contribution >= 0.6 is 18.5 Å². The largest absolute Gasteiger partial charge is 0.306 e. The number of benzene rings is 3. The Bertz CT molecular complexity index is 998. The normalized spacial score (nSPS) is 11.7. The van der Waals surface area contributed by atoms with Gasteiger partial charge in [-0.25, -0.2) is 4.98 Å². The lowest BCUT2D eigenvalue weighted by molar-refractivity contribution is 0.592. The number of aryl methyl sites for hydroxylation is 1. The van der Waals surface area contributed by atoms with Gasteiger partial charge in [-0.15, -0.1) is 11.3 Å². The smallest absolute Gasteiger partial charge is 0.198 e. The van der Waals surface area contributed by atoms with E-state index in [9.17, 15) is 4.57 Å². The van der Waals surface area contributed by atoms with Crippen LogP contribution in [0.15, 0.2) is 78.9 Å². The van der Waals surface area contributed by atoms with E-state index < -0.39 is 7.14 Å². The topological polar surface area (TPSA) is 30.0 Å². The maximum atomic E-state index is 14.2. The van der Waals surface area contributed by atoms with E-state index in [0.717, 1.165) is 20.8 Å². The summed E-state index contributed by atoms with van der Waals surface area (Å²) in [6, 6.07) is 25.5. The molecule has 0 aliphatic heterocycles. The van der Waals surface area contributed by atoms with Gasteiger partial charge in [0.1, 0.15) is 0 Å². The van der Waals surface area contributed by atoms with E-state index in [1.54, 1.807) is 0 Å². The maximum Gasteiger partial charge on any atom is 0.198 e. The van der Waals surface area contributed by atoms with Crippen LogP contribution in [0.3, 0.4) is 0 Å². The Hall–Kier alpha value is -2.22. The summed E-state index contributed by atoms with van der Waals surface area (Å²) in [5.41, 5.74) is 2.10. The molecular weight excluding hydrogens is 333 g/mol. The first kappa shape index (κ1) is 15.3. The first-order valence-corrected chi connectivity index (χ1v) is 10.3. The molecule has 0 aliphatic rings. The zero-order valence-corrected chi connectivity index (χ0v) is 14.9. The molecule has 1 heterocycles. The fourth-order valence-corrected chi connectivity index (χ4v) is 7.22. The molecule has 4 rings (SSSR count). The van der Waals surface area contributed by atoms with Gasteiger partial charge in [-0.2, -0.15) is 0 Å². The second kappa shape index (κ2) is 6.01. The second-order valence-corrected chi connectivity index (χ2v) is 9.76. The molecule has 0 saturated heterocycles. The van der Waals surface area contributed by atoms with E-state index in [1.165, 1.54) is 16.9 Å². The molecule has 2 nitrogen and oxygen atoms in total. The standard InChI is InChI=1S/C20H16NOPS/c1-15-12-13-18-19(14-15)24-20(21-18)23(22,16-8-4-2-5-9-16)17-10-6-3-7-11-17/h2-14H,1H3. The minimum absolute atomic E-state index is 0.695. The van der Waals surface area contributed by atoms with Gasteiger partial charge in [-0.05, 0) is 24.6 Å². The predicted octanol–water partition coefficient (Wildman–Crippen LogP) is 4.24. The molecule has 0 spiro atoms. The number of rotatable bonds is 3. The van der Waals surface area contributed by atoms with E-state index in [2.05, 4.69) is 13.0 Å². The van der Waals surface area contributed by atoms with Gasteiger partial charge in [0.15, 0.2) is 11.9 Å². The maximum absolute atomic E-state index is 14.2. The van der Waals surface area contributed by atoms with Gasteiger partial charge in [0, 0.05) is 10.6 Å². The molecule has 0 fully saturated rings. The van der Waals surface area contributed by atoms with Gasteiger partial charge in [0.05, 0.1) is 10.2 Å². The quantitative estimate of drug-likeness (QED) is 0.518. The van der Waals surface area contributed by atoms with Crippen LogP contribution in [0, 0.1) is 6.92 Å². The van der Waals surface area contributed by atoms with Crippen LogP contribution < -0.4 is 15.4 Å². The summed E-state index contributed by atoms with van der Waals surface area (Å²) in [6.45, 7) is 2.06. The van der Waals surface area contributed by atoms with E-state index in [0.29, 0.717) is 4.75 Å². The van der Waals surface area contributed by atoms with Gasteiger partial charge in [-0.3, -0.25) is 0 Å². The highest BCUT2D eigenvalue weighted by Crippen LogP contribution is 2.44. The molecule has 0 bridgehead atoms. The second-order valence-electron chi connectivity index (χ2n) is 5.75. The highest BCUT2D eigenvalue weighted by atomic mass is 32.1. The molecule has 0 aliphatic carbocycles. The summed E-state index contributed by atoms with van der Waals surface area (Å²) in [5, 5.41) is 1.65. The molecule has 0 saturated carbocycles. The van der Waals surface area contributed by atoms with Crippen molar-refractivity contribution in [3.05, 3.63) is 84.4 Å². The molecule has 24 heavy (non-hydrogen) atoms. The zero-order valence-electron chi connectivity index (χ0n) is 13.2. The van der Waals surface area contributed by atoms with Crippen molar-refractivity contribution in [3.63, 3.8) is 0 Å². The summed E-state index contributed by atoms with van der Waals surface area (Å²) in [6.07, 6.45) is 0. The van der Waals surface area contributed by atoms with Crippen LogP contribution in [0.2, 0.25) is 0 Å². The average molecular weight is 349 g/mol. The Morgan fingerprint density at radius 3 is 2.00 bits per heavy atom. The van der Waals surface area contributed by atoms with Gasteiger partial charge < -0.3 is 4.57 Å². The molecule has 118 valence electrons. The highest BCUT2D eigenvalue weighted by Gasteiger charge is 2.32. The van der Waals surface area contributed by atoms with Gasteiger partial charge in [0.2, 0.25) is 0 Å². The van der Waals surface area contributed by atoms with E-state index in [4.69, 9.17) is 4.98 Å². The molecule has 0 radical (unpaired) electrons. The minimum Gasteiger partial charge on any atom is -0.306 e. The summed E-state index contributed by atoms with van der Waals surface area (Å²) in [7, 11) is -2.96.